The Morgan fingerprint density at radius 1 is 1.52 bits per heavy atom. The molecular formula is C17H32N4. The molecule has 0 aromatic carbocycles. The van der Waals surface area contributed by atoms with Crippen molar-refractivity contribution in [1.82, 2.24) is 20.0 Å². The monoisotopic (exact) mass is 292 g/mol. The molecule has 3 unspecified atom stereocenters. The number of hydrogen-bond donors (Lipinski definition) is 1. The quantitative estimate of drug-likeness (QED) is 0.874. The van der Waals surface area contributed by atoms with Crippen LogP contribution >= 0.6 is 0 Å². The second-order valence-corrected chi connectivity index (χ2v) is 7.04. The fourth-order valence-electron chi connectivity index (χ4n) is 4.11. The van der Waals surface area contributed by atoms with Gasteiger partial charge in [-0.3, -0.25) is 4.68 Å². The van der Waals surface area contributed by atoms with Crippen LogP contribution in [0, 0.1) is 5.92 Å². The summed E-state index contributed by atoms with van der Waals surface area (Å²) in [7, 11) is 6.51. The van der Waals surface area contributed by atoms with Crippen molar-refractivity contribution in [1.29, 1.82) is 0 Å². The van der Waals surface area contributed by atoms with Gasteiger partial charge < -0.3 is 10.2 Å². The van der Waals surface area contributed by atoms with Crippen molar-refractivity contribution in [3.8, 4) is 0 Å². The lowest BCUT2D eigenvalue weighted by atomic mass is 9.70. The van der Waals surface area contributed by atoms with Crippen molar-refractivity contribution in [3.05, 3.63) is 18.0 Å². The van der Waals surface area contributed by atoms with Crippen LogP contribution in [0.15, 0.2) is 12.4 Å². The Morgan fingerprint density at radius 2 is 2.29 bits per heavy atom. The molecule has 3 atom stereocenters. The largest absolute Gasteiger partial charge is 0.312 e. The normalized spacial score (nSPS) is 28.0. The number of nitrogens with zero attached hydrogens (tertiary/aromatic N) is 3. The summed E-state index contributed by atoms with van der Waals surface area (Å²) in [5.41, 5.74) is 1.60. The maximum Gasteiger partial charge on any atom is 0.0522 e. The van der Waals surface area contributed by atoms with Crippen molar-refractivity contribution in [2.24, 2.45) is 13.0 Å². The highest BCUT2D eigenvalue weighted by Gasteiger charge is 2.43. The third kappa shape index (κ3) is 3.67. The zero-order chi connectivity index (χ0) is 15.5. The number of aryl methyl sites for hydroxylation is 1. The van der Waals surface area contributed by atoms with Crippen molar-refractivity contribution in [2.45, 2.75) is 57.5 Å². The lowest BCUT2D eigenvalue weighted by Gasteiger charge is -2.50. The van der Waals surface area contributed by atoms with E-state index in [0.29, 0.717) is 6.04 Å². The van der Waals surface area contributed by atoms with Crippen LogP contribution in [-0.4, -0.2) is 46.9 Å². The highest BCUT2D eigenvalue weighted by molar-refractivity contribution is 5.12. The van der Waals surface area contributed by atoms with Crippen LogP contribution in [0.25, 0.3) is 0 Å². The van der Waals surface area contributed by atoms with Gasteiger partial charge in [0.05, 0.1) is 6.20 Å². The molecule has 0 bridgehead atoms. The molecule has 1 aliphatic rings. The molecule has 0 radical (unpaired) electrons. The third-order valence-electron chi connectivity index (χ3n) is 5.20. The Balaban J connectivity index is 2.23. The summed E-state index contributed by atoms with van der Waals surface area (Å²) in [6, 6.07) is 0.490. The Bertz CT molecular complexity index is 440. The fraction of sp³-hybridized carbons (Fsp3) is 0.824. The molecule has 0 aliphatic heterocycles. The van der Waals surface area contributed by atoms with E-state index in [2.05, 4.69) is 49.5 Å². The van der Waals surface area contributed by atoms with Crippen LogP contribution < -0.4 is 5.32 Å². The molecule has 0 spiro atoms. The Hall–Kier alpha value is -0.870. The van der Waals surface area contributed by atoms with Gasteiger partial charge in [0, 0.05) is 24.8 Å². The van der Waals surface area contributed by atoms with Gasteiger partial charge in [-0.2, -0.15) is 5.10 Å². The Kier molecular flexibility index (Phi) is 5.44. The summed E-state index contributed by atoms with van der Waals surface area (Å²) < 4.78 is 1.91. The van der Waals surface area contributed by atoms with Crippen LogP contribution in [-0.2, 0) is 13.5 Å². The molecule has 1 aromatic heterocycles. The summed E-state index contributed by atoms with van der Waals surface area (Å²) in [4.78, 5) is 2.48. The average molecular weight is 292 g/mol. The number of likely N-dealkylation sites (N-methyl/N-ethyl adjacent to an activating group) is 2. The van der Waals surface area contributed by atoms with Gasteiger partial charge >= 0.3 is 0 Å². The molecule has 4 heteroatoms. The zero-order valence-corrected chi connectivity index (χ0v) is 14.4. The minimum Gasteiger partial charge on any atom is -0.312 e. The predicted octanol–water partition coefficient (Wildman–Crippen LogP) is 2.45. The molecule has 0 amide bonds. The van der Waals surface area contributed by atoms with Gasteiger partial charge in [-0.05, 0) is 51.4 Å². The van der Waals surface area contributed by atoms with Crippen molar-refractivity contribution in [3.63, 3.8) is 0 Å². The second kappa shape index (κ2) is 6.93. The highest BCUT2D eigenvalue weighted by atomic mass is 15.2. The molecule has 1 aromatic rings. The van der Waals surface area contributed by atoms with Crippen LogP contribution in [0.3, 0.4) is 0 Å². The second-order valence-electron chi connectivity index (χ2n) is 7.04. The fourth-order valence-corrected chi connectivity index (χ4v) is 4.11. The Morgan fingerprint density at radius 3 is 2.81 bits per heavy atom. The Labute approximate surface area is 129 Å². The summed E-state index contributed by atoms with van der Waals surface area (Å²) in [6.07, 6.45) is 10.5. The number of hydrogen-bond acceptors (Lipinski definition) is 3. The van der Waals surface area contributed by atoms with E-state index in [1.807, 2.05) is 17.9 Å². The molecule has 1 N–H and O–H groups in total. The molecule has 0 saturated heterocycles. The lowest BCUT2D eigenvalue weighted by Crippen LogP contribution is -2.61. The molecule has 21 heavy (non-hydrogen) atoms. The predicted molar refractivity (Wildman–Crippen MR) is 88.4 cm³/mol. The molecule has 2 rings (SSSR count). The number of aromatic nitrogens is 2. The van der Waals surface area contributed by atoms with E-state index in [0.717, 1.165) is 18.9 Å². The van der Waals surface area contributed by atoms with Gasteiger partial charge in [0.1, 0.15) is 0 Å². The molecule has 120 valence electrons. The first kappa shape index (κ1) is 16.5. The topological polar surface area (TPSA) is 33.1 Å². The minimum absolute atomic E-state index is 0.267. The number of rotatable bonds is 6. The van der Waals surface area contributed by atoms with Crippen molar-refractivity contribution >= 4 is 0 Å². The molecular weight excluding hydrogens is 260 g/mol. The zero-order valence-electron chi connectivity index (χ0n) is 14.4. The average Bonchev–Trinajstić information content (AvgIpc) is 2.83. The lowest BCUT2D eigenvalue weighted by molar-refractivity contribution is 0.0378. The summed E-state index contributed by atoms with van der Waals surface area (Å²) >= 11 is 0. The maximum atomic E-state index is 4.33. The van der Waals surface area contributed by atoms with Crippen LogP contribution in [0.5, 0.6) is 0 Å². The van der Waals surface area contributed by atoms with Crippen LogP contribution in [0.2, 0.25) is 0 Å². The van der Waals surface area contributed by atoms with Crippen molar-refractivity contribution in [2.75, 3.05) is 20.6 Å². The van der Waals surface area contributed by atoms with Gasteiger partial charge in [0.25, 0.3) is 0 Å². The van der Waals surface area contributed by atoms with E-state index in [1.165, 1.54) is 31.2 Å². The summed E-state index contributed by atoms with van der Waals surface area (Å²) in [5, 5.41) is 8.11. The van der Waals surface area contributed by atoms with Gasteiger partial charge in [0.15, 0.2) is 0 Å². The highest BCUT2D eigenvalue weighted by Crippen LogP contribution is 2.39. The summed E-state index contributed by atoms with van der Waals surface area (Å²) in [6.45, 7) is 5.64. The standard InChI is InChI=1S/C17H32N4/c1-6-18-16(10-15-12-19-21(5)13-15)17(20(3)4)9-7-8-14(2)11-17/h12-14,16,18H,6-11H2,1-5H3. The van der Waals surface area contributed by atoms with E-state index in [1.54, 1.807) is 0 Å². The molecule has 1 fully saturated rings. The van der Waals surface area contributed by atoms with E-state index < -0.39 is 0 Å². The van der Waals surface area contributed by atoms with E-state index in [9.17, 15) is 0 Å². The van der Waals surface area contributed by atoms with Gasteiger partial charge in [-0.1, -0.05) is 26.7 Å². The first-order valence-electron chi connectivity index (χ1n) is 8.36. The smallest absolute Gasteiger partial charge is 0.0522 e. The summed E-state index contributed by atoms with van der Waals surface area (Å²) in [5.74, 6) is 0.816. The van der Waals surface area contributed by atoms with E-state index in [4.69, 9.17) is 0 Å². The minimum atomic E-state index is 0.267. The molecule has 1 saturated carbocycles. The maximum absolute atomic E-state index is 4.33. The van der Waals surface area contributed by atoms with E-state index >= 15 is 0 Å². The van der Waals surface area contributed by atoms with Crippen LogP contribution in [0.1, 0.15) is 45.1 Å². The van der Waals surface area contributed by atoms with Gasteiger partial charge in [-0.25, -0.2) is 0 Å². The third-order valence-corrected chi connectivity index (χ3v) is 5.20. The molecule has 4 nitrogen and oxygen atoms in total. The van der Waals surface area contributed by atoms with Gasteiger partial charge in [-0.15, -0.1) is 0 Å². The van der Waals surface area contributed by atoms with Crippen molar-refractivity contribution < 1.29 is 0 Å². The SMILES string of the molecule is CCNC(Cc1cnn(C)c1)C1(N(C)C)CCCC(C)C1. The van der Waals surface area contributed by atoms with E-state index in [-0.39, 0.29) is 5.54 Å². The number of nitrogens with one attached hydrogen (secondary N) is 1. The molecule has 1 aliphatic carbocycles. The molecule has 1 heterocycles. The first-order valence-corrected chi connectivity index (χ1v) is 8.36. The van der Waals surface area contributed by atoms with Crippen LogP contribution in [0.4, 0.5) is 0 Å². The first-order chi connectivity index (χ1) is 9.98. The van der Waals surface area contributed by atoms with Gasteiger partial charge in [0.2, 0.25) is 0 Å².